The first-order chi connectivity index (χ1) is 13.6. The van der Waals surface area contributed by atoms with Gasteiger partial charge in [-0.05, 0) is 57.9 Å². The number of ether oxygens (including phenoxy) is 2. The molecule has 8 heteroatoms. The number of carbonyl (C=O) groups is 3. The van der Waals surface area contributed by atoms with Crippen LogP contribution in [-0.2, 0) is 25.6 Å². The zero-order valence-electron chi connectivity index (χ0n) is 17.2. The highest BCUT2D eigenvalue weighted by atomic mass is 35.5. The standard InChI is InChI=1S/C21H25ClN2O5/c1-6-28-21(27)16-9-14(4)24(15(16)5)10-19(26)29-11-18(25)23-20-13(3)7-12(2)8-17(20)22/h7-9H,6,10-11H2,1-5H3,(H,23,25). The molecule has 2 aromatic rings. The van der Waals surface area contributed by atoms with Crippen LogP contribution in [0.4, 0.5) is 5.69 Å². The Morgan fingerprint density at radius 1 is 1.07 bits per heavy atom. The summed E-state index contributed by atoms with van der Waals surface area (Å²) in [5.41, 5.74) is 4.02. The predicted molar refractivity (Wildman–Crippen MR) is 110 cm³/mol. The van der Waals surface area contributed by atoms with E-state index in [-0.39, 0.29) is 13.2 Å². The number of nitrogens with zero attached hydrogens (tertiary/aromatic N) is 1. The summed E-state index contributed by atoms with van der Waals surface area (Å²) in [4.78, 5) is 36.3. The van der Waals surface area contributed by atoms with Crippen LogP contribution in [-0.4, -0.2) is 35.6 Å². The normalized spacial score (nSPS) is 10.6. The number of carbonyl (C=O) groups excluding carboxylic acids is 3. The van der Waals surface area contributed by atoms with E-state index < -0.39 is 24.5 Å². The highest BCUT2D eigenvalue weighted by Gasteiger charge is 2.19. The molecule has 0 saturated carbocycles. The summed E-state index contributed by atoms with van der Waals surface area (Å²) in [6.45, 7) is 8.68. The lowest BCUT2D eigenvalue weighted by atomic mass is 10.1. The molecule has 1 amide bonds. The van der Waals surface area contributed by atoms with Gasteiger partial charge in [0.05, 0.1) is 22.9 Å². The van der Waals surface area contributed by atoms with Gasteiger partial charge in [0.2, 0.25) is 0 Å². The Morgan fingerprint density at radius 2 is 1.76 bits per heavy atom. The zero-order valence-corrected chi connectivity index (χ0v) is 18.0. The summed E-state index contributed by atoms with van der Waals surface area (Å²) >= 11 is 6.17. The van der Waals surface area contributed by atoms with Crippen molar-refractivity contribution >= 4 is 35.1 Å². The molecule has 0 aliphatic heterocycles. The molecular weight excluding hydrogens is 396 g/mol. The Kier molecular flexibility index (Phi) is 7.45. The number of benzene rings is 1. The van der Waals surface area contributed by atoms with Crippen LogP contribution in [0, 0.1) is 27.7 Å². The van der Waals surface area contributed by atoms with Gasteiger partial charge in [0.1, 0.15) is 6.54 Å². The van der Waals surface area contributed by atoms with Crippen LogP contribution in [0.2, 0.25) is 5.02 Å². The number of nitrogens with one attached hydrogen (secondary N) is 1. The van der Waals surface area contributed by atoms with Crippen molar-refractivity contribution < 1.29 is 23.9 Å². The van der Waals surface area contributed by atoms with E-state index in [1.165, 1.54) is 0 Å². The highest BCUT2D eigenvalue weighted by molar-refractivity contribution is 6.34. The highest BCUT2D eigenvalue weighted by Crippen LogP contribution is 2.27. The van der Waals surface area contributed by atoms with Crippen LogP contribution in [0.15, 0.2) is 18.2 Å². The maximum atomic E-state index is 12.2. The predicted octanol–water partition coefficient (Wildman–Crippen LogP) is 3.73. The van der Waals surface area contributed by atoms with Gasteiger partial charge in [-0.15, -0.1) is 0 Å². The molecule has 0 unspecified atom stereocenters. The van der Waals surface area contributed by atoms with E-state index in [0.29, 0.717) is 27.7 Å². The molecule has 1 aromatic heterocycles. The molecule has 1 heterocycles. The van der Waals surface area contributed by atoms with E-state index in [1.54, 1.807) is 37.5 Å². The maximum absolute atomic E-state index is 12.2. The van der Waals surface area contributed by atoms with Crippen molar-refractivity contribution in [3.8, 4) is 0 Å². The molecule has 156 valence electrons. The molecule has 1 aromatic carbocycles. The number of anilines is 1. The summed E-state index contributed by atoms with van der Waals surface area (Å²) in [7, 11) is 0. The number of rotatable bonds is 7. The summed E-state index contributed by atoms with van der Waals surface area (Å²) in [5.74, 6) is -1.52. The molecule has 0 atom stereocenters. The fourth-order valence-corrected chi connectivity index (χ4v) is 3.40. The Labute approximate surface area is 174 Å². The van der Waals surface area contributed by atoms with Crippen molar-refractivity contribution in [3.05, 3.63) is 51.3 Å². The maximum Gasteiger partial charge on any atom is 0.339 e. The summed E-state index contributed by atoms with van der Waals surface area (Å²) in [5, 5.41) is 3.09. The van der Waals surface area contributed by atoms with E-state index in [0.717, 1.165) is 11.1 Å². The van der Waals surface area contributed by atoms with Gasteiger partial charge in [0.15, 0.2) is 6.61 Å². The number of amides is 1. The van der Waals surface area contributed by atoms with Gasteiger partial charge in [-0.2, -0.15) is 0 Å². The van der Waals surface area contributed by atoms with Crippen LogP contribution in [0.5, 0.6) is 0 Å². The van der Waals surface area contributed by atoms with Gasteiger partial charge in [-0.25, -0.2) is 4.79 Å². The van der Waals surface area contributed by atoms with Crippen LogP contribution < -0.4 is 5.32 Å². The molecular formula is C21H25ClN2O5. The van der Waals surface area contributed by atoms with Crippen molar-refractivity contribution in [1.29, 1.82) is 0 Å². The number of aromatic nitrogens is 1. The second kappa shape index (κ2) is 9.60. The van der Waals surface area contributed by atoms with E-state index in [1.807, 2.05) is 19.9 Å². The van der Waals surface area contributed by atoms with Crippen LogP contribution in [0.3, 0.4) is 0 Å². The monoisotopic (exact) mass is 420 g/mol. The van der Waals surface area contributed by atoms with Crippen molar-refractivity contribution in [3.63, 3.8) is 0 Å². The molecule has 2 rings (SSSR count). The quantitative estimate of drug-likeness (QED) is 0.689. The van der Waals surface area contributed by atoms with E-state index in [4.69, 9.17) is 21.1 Å². The topological polar surface area (TPSA) is 86.6 Å². The average Bonchev–Trinajstić information content (AvgIpc) is 2.91. The van der Waals surface area contributed by atoms with Crippen LogP contribution >= 0.6 is 11.6 Å². The molecule has 0 fully saturated rings. The third-order valence-corrected chi connectivity index (χ3v) is 4.71. The second-order valence-electron chi connectivity index (χ2n) is 6.74. The SMILES string of the molecule is CCOC(=O)c1cc(C)n(CC(=O)OCC(=O)Nc2c(C)cc(C)cc2Cl)c1C. The molecule has 1 N–H and O–H groups in total. The molecule has 0 radical (unpaired) electrons. The summed E-state index contributed by atoms with van der Waals surface area (Å²) in [6.07, 6.45) is 0. The Bertz CT molecular complexity index is 926. The molecule has 7 nitrogen and oxygen atoms in total. The van der Waals surface area contributed by atoms with Crippen LogP contribution in [0.1, 0.15) is 39.8 Å². The lowest BCUT2D eigenvalue weighted by Crippen LogP contribution is -2.24. The van der Waals surface area contributed by atoms with Gasteiger partial charge in [-0.3, -0.25) is 9.59 Å². The van der Waals surface area contributed by atoms with Crippen molar-refractivity contribution in [2.24, 2.45) is 0 Å². The minimum atomic E-state index is -0.593. The molecule has 0 bridgehead atoms. The third-order valence-electron chi connectivity index (χ3n) is 4.42. The minimum Gasteiger partial charge on any atom is -0.462 e. The van der Waals surface area contributed by atoms with Gasteiger partial charge in [0, 0.05) is 11.4 Å². The fourth-order valence-electron chi connectivity index (χ4n) is 3.03. The van der Waals surface area contributed by atoms with E-state index in [9.17, 15) is 14.4 Å². The smallest absolute Gasteiger partial charge is 0.339 e. The van der Waals surface area contributed by atoms with Crippen LogP contribution in [0.25, 0.3) is 0 Å². The lowest BCUT2D eigenvalue weighted by Gasteiger charge is -2.13. The lowest BCUT2D eigenvalue weighted by molar-refractivity contribution is -0.147. The van der Waals surface area contributed by atoms with Gasteiger partial charge in [-0.1, -0.05) is 17.7 Å². The minimum absolute atomic E-state index is 0.116. The average molecular weight is 421 g/mol. The Morgan fingerprint density at radius 3 is 2.38 bits per heavy atom. The van der Waals surface area contributed by atoms with Gasteiger partial charge in [0.25, 0.3) is 5.91 Å². The second-order valence-corrected chi connectivity index (χ2v) is 7.15. The number of hydrogen-bond acceptors (Lipinski definition) is 5. The molecule has 0 aliphatic carbocycles. The first-order valence-electron chi connectivity index (χ1n) is 9.20. The molecule has 0 saturated heterocycles. The summed E-state index contributed by atoms with van der Waals surface area (Å²) < 4.78 is 11.7. The first kappa shape index (κ1) is 22.5. The van der Waals surface area contributed by atoms with Crippen molar-refractivity contribution in [1.82, 2.24) is 4.57 Å². The molecule has 0 spiro atoms. The number of aryl methyl sites for hydroxylation is 3. The van der Waals surface area contributed by atoms with Crippen molar-refractivity contribution in [2.75, 3.05) is 18.5 Å². The van der Waals surface area contributed by atoms with E-state index in [2.05, 4.69) is 5.32 Å². The Balaban J connectivity index is 1.97. The number of esters is 2. The number of hydrogen-bond donors (Lipinski definition) is 1. The molecule has 0 aliphatic rings. The largest absolute Gasteiger partial charge is 0.462 e. The third kappa shape index (κ3) is 5.60. The Hall–Kier alpha value is -2.80. The van der Waals surface area contributed by atoms with E-state index >= 15 is 0 Å². The van der Waals surface area contributed by atoms with Gasteiger partial charge < -0.3 is 19.4 Å². The number of halogens is 1. The van der Waals surface area contributed by atoms with Crippen molar-refractivity contribution in [2.45, 2.75) is 41.2 Å². The fraction of sp³-hybridized carbons (Fsp3) is 0.381. The first-order valence-corrected chi connectivity index (χ1v) is 9.57. The molecule has 29 heavy (non-hydrogen) atoms. The van der Waals surface area contributed by atoms with Gasteiger partial charge >= 0.3 is 11.9 Å². The summed E-state index contributed by atoms with van der Waals surface area (Å²) in [6, 6.07) is 5.30. The zero-order chi connectivity index (χ0) is 21.7.